The number of carbonyl (C=O) groups is 2. The van der Waals surface area contributed by atoms with Crippen molar-refractivity contribution in [2.45, 2.75) is 18.9 Å². The van der Waals surface area contributed by atoms with Crippen LogP contribution in [-0.2, 0) is 9.59 Å². The van der Waals surface area contributed by atoms with Crippen LogP contribution in [0.5, 0.6) is 0 Å². The fourth-order valence-corrected chi connectivity index (χ4v) is 4.26. The largest absolute Gasteiger partial charge is 0.380 e. The van der Waals surface area contributed by atoms with E-state index in [4.69, 9.17) is 0 Å². The van der Waals surface area contributed by atoms with E-state index >= 15 is 0 Å². The normalized spacial score (nSPS) is 22.3. The van der Waals surface area contributed by atoms with Gasteiger partial charge in [0, 0.05) is 47.9 Å². The molecule has 1 N–H and O–H groups in total. The van der Waals surface area contributed by atoms with Crippen LogP contribution in [0.2, 0.25) is 0 Å². The summed E-state index contributed by atoms with van der Waals surface area (Å²) in [6.45, 7) is 1.89. The number of rotatable bonds is 4. The maximum absolute atomic E-state index is 12.9. The monoisotopic (exact) mass is 427 g/mol. The molecule has 2 aromatic rings. The average molecular weight is 428 g/mol. The zero-order valence-electron chi connectivity index (χ0n) is 15.0. The standard InChI is InChI=1S/C21H22BrN3O2/c22-16-5-4-8-19(12-16)25-13-15(11-20(25)26)21(27)24-10-9-18(14-24)23-17-6-2-1-3-7-17/h1-8,12,15,18,23H,9-11,13-14H2. The van der Waals surface area contributed by atoms with Gasteiger partial charge in [0.25, 0.3) is 0 Å². The number of nitrogens with one attached hydrogen (secondary N) is 1. The molecule has 5 nitrogen and oxygen atoms in total. The van der Waals surface area contributed by atoms with Crippen molar-refractivity contribution in [3.63, 3.8) is 0 Å². The second kappa shape index (κ2) is 7.72. The van der Waals surface area contributed by atoms with Gasteiger partial charge in [0.05, 0.1) is 5.92 Å². The van der Waals surface area contributed by atoms with E-state index in [1.54, 1.807) is 4.90 Å². The molecule has 4 rings (SSSR count). The van der Waals surface area contributed by atoms with Crippen molar-refractivity contribution in [1.82, 2.24) is 4.90 Å². The third-order valence-corrected chi connectivity index (χ3v) is 5.73. The van der Waals surface area contributed by atoms with Gasteiger partial charge in [-0.15, -0.1) is 0 Å². The van der Waals surface area contributed by atoms with Crippen LogP contribution in [0.25, 0.3) is 0 Å². The Kier molecular flexibility index (Phi) is 5.16. The number of halogens is 1. The predicted octanol–water partition coefficient (Wildman–Crippen LogP) is 3.52. The van der Waals surface area contributed by atoms with Crippen LogP contribution in [0.4, 0.5) is 11.4 Å². The van der Waals surface area contributed by atoms with Gasteiger partial charge in [-0.25, -0.2) is 0 Å². The molecule has 2 aliphatic heterocycles. The SMILES string of the molecule is O=C(C1CC(=O)N(c2cccc(Br)c2)C1)N1CCC(Nc2ccccc2)C1. The number of benzene rings is 2. The lowest BCUT2D eigenvalue weighted by atomic mass is 10.1. The van der Waals surface area contributed by atoms with Crippen LogP contribution in [0, 0.1) is 5.92 Å². The lowest BCUT2D eigenvalue weighted by Gasteiger charge is -2.21. The molecule has 0 bridgehead atoms. The molecule has 6 heteroatoms. The van der Waals surface area contributed by atoms with Crippen molar-refractivity contribution in [3.8, 4) is 0 Å². The maximum atomic E-state index is 12.9. The summed E-state index contributed by atoms with van der Waals surface area (Å²) in [5.74, 6) is -0.144. The molecule has 0 aromatic heterocycles. The Morgan fingerprint density at radius 3 is 2.67 bits per heavy atom. The molecule has 27 heavy (non-hydrogen) atoms. The smallest absolute Gasteiger partial charge is 0.228 e. The van der Waals surface area contributed by atoms with Crippen LogP contribution in [0.3, 0.4) is 0 Å². The number of hydrogen-bond acceptors (Lipinski definition) is 3. The first kappa shape index (κ1) is 18.0. The molecule has 2 saturated heterocycles. The molecule has 0 spiro atoms. The molecule has 2 fully saturated rings. The van der Waals surface area contributed by atoms with E-state index in [-0.39, 0.29) is 23.8 Å². The third-order valence-electron chi connectivity index (χ3n) is 5.24. The summed E-state index contributed by atoms with van der Waals surface area (Å²) in [6, 6.07) is 18.0. The first-order chi connectivity index (χ1) is 13.1. The quantitative estimate of drug-likeness (QED) is 0.811. The highest BCUT2D eigenvalue weighted by molar-refractivity contribution is 9.10. The van der Waals surface area contributed by atoms with E-state index in [9.17, 15) is 9.59 Å². The van der Waals surface area contributed by atoms with Crippen molar-refractivity contribution in [1.29, 1.82) is 0 Å². The van der Waals surface area contributed by atoms with Crippen LogP contribution < -0.4 is 10.2 Å². The van der Waals surface area contributed by atoms with Gasteiger partial charge < -0.3 is 15.1 Å². The van der Waals surface area contributed by atoms with E-state index in [1.165, 1.54) is 0 Å². The number of carbonyl (C=O) groups excluding carboxylic acids is 2. The van der Waals surface area contributed by atoms with Crippen LogP contribution >= 0.6 is 15.9 Å². The first-order valence-electron chi connectivity index (χ1n) is 9.26. The summed E-state index contributed by atoms with van der Waals surface area (Å²) in [4.78, 5) is 29.0. The summed E-state index contributed by atoms with van der Waals surface area (Å²) >= 11 is 3.44. The lowest BCUT2D eigenvalue weighted by molar-refractivity contribution is -0.134. The Labute approximate surface area is 167 Å². The minimum absolute atomic E-state index is 0.0182. The van der Waals surface area contributed by atoms with Crippen molar-refractivity contribution in [2.24, 2.45) is 5.92 Å². The van der Waals surface area contributed by atoms with Gasteiger partial charge in [-0.05, 0) is 36.8 Å². The first-order valence-corrected chi connectivity index (χ1v) is 10.1. The fourth-order valence-electron chi connectivity index (χ4n) is 3.87. The third kappa shape index (κ3) is 4.00. The Bertz CT molecular complexity index is 842. The topological polar surface area (TPSA) is 52.7 Å². The van der Waals surface area contributed by atoms with E-state index < -0.39 is 0 Å². The predicted molar refractivity (Wildman–Crippen MR) is 110 cm³/mol. The molecule has 2 aromatic carbocycles. The summed E-state index contributed by atoms with van der Waals surface area (Å²) in [5, 5.41) is 3.49. The summed E-state index contributed by atoms with van der Waals surface area (Å²) in [7, 11) is 0. The van der Waals surface area contributed by atoms with E-state index in [2.05, 4.69) is 21.2 Å². The van der Waals surface area contributed by atoms with E-state index in [0.717, 1.165) is 28.8 Å². The highest BCUT2D eigenvalue weighted by Crippen LogP contribution is 2.29. The van der Waals surface area contributed by atoms with E-state index in [0.29, 0.717) is 19.5 Å². The minimum atomic E-state index is -0.257. The molecule has 0 radical (unpaired) electrons. The second-order valence-electron chi connectivity index (χ2n) is 7.17. The number of anilines is 2. The van der Waals surface area contributed by atoms with Crippen molar-refractivity contribution < 1.29 is 9.59 Å². The highest BCUT2D eigenvalue weighted by Gasteiger charge is 2.39. The Morgan fingerprint density at radius 1 is 1.07 bits per heavy atom. The maximum Gasteiger partial charge on any atom is 0.228 e. The Hall–Kier alpha value is -2.34. The number of hydrogen-bond donors (Lipinski definition) is 1. The molecule has 2 heterocycles. The molecule has 2 aliphatic rings. The molecule has 140 valence electrons. The molecule has 2 atom stereocenters. The number of para-hydroxylation sites is 1. The Morgan fingerprint density at radius 2 is 1.89 bits per heavy atom. The van der Waals surface area contributed by atoms with Gasteiger partial charge in [0.15, 0.2) is 0 Å². The van der Waals surface area contributed by atoms with Gasteiger partial charge in [-0.2, -0.15) is 0 Å². The fraction of sp³-hybridized carbons (Fsp3) is 0.333. The van der Waals surface area contributed by atoms with Crippen molar-refractivity contribution in [2.75, 3.05) is 29.9 Å². The van der Waals surface area contributed by atoms with Gasteiger partial charge in [0.2, 0.25) is 11.8 Å². The average Bonchev–Trinajstić information content (AvgIpc) is 3.29. The molecule has 0 saturated carbocycles. The zero-order chi connectivity index (χ0) is 18.8. The number of amides is 2. The van der Waals surface area contributed by atoms with Gasteiger partial charge in [0.1, 0.15) is 0 Å². The summed E-state index contributed by atoms with van der Waals surface area (Å²) in [6.07, 6.45) is 1.22. The summed E-state index contributed by atoms with van der Waals surface area (Å²) < 4.78 is 0.928. The molecule has 2 unspecified atom stereocenters. The second-order valence-corrected chi connectivity index (χ2v) is 8.08. The number of likely N-dealkylation sites (tertiary alicyclic amines) is 1. The van der Waals surface area contributed by atoms with E-state index in [1.807, 2.05) is 59.5 Å². The molecule has 2 amide bonds. The van der Waals surface area contributed by atoms with Crippen molar-refractivity contribution in [3.05, 3.63) is 59.1 Å². The molecular formula is C21H22BrN3O2. The minimum Gasteiger partial charge on any atom is -0.380 e. The van der Waals surface area contributed by atoms with Crippen LogP contribution in [-0.4, -0.2) is 42.4 Å². The highest BCUT2D eigenvalue weighted by atomic mass is 79.9. The van der Waals surface area contributed by atoms with Crippen molar-refractivity contribution >= 4 is 39.1 Å². The van der Waals surface area contributed by atoms with Gasteiger partial charge in [-0.1, -0.05) is 40.2 Å². The zero-order valence-corrected chi connectivity index (χ0v) is 16.6. The van der Waals surface area contributed by atoms with Gasteiger partial charge in [-0.3, -0.25) is 9.59 Å². The van der Waals surface area contributed by atoms with Gasteiger partial charge >= 0.3 is 0 Å². The lowest BCUT2D eigenvalue weighted by Crippen LogP contribution is -2.37. The molecular weight excluding hydrogens is 406 g/mol. The van der Waals surface area contributed by atoms with Crippen LogP contribution in [0.1, 0.15) is 12.8 Å². The summed E-state index contributed by atoms with van der Waals surface area (Å²) in [5.41, 5.74) is 1.92. The Balaban J connectivity index is 1.37. The molecule has 0 aliphatic carbocycles. The number of nitrogens with zero attached hydrogens (tertiary/aromatic N) is 2. The van der Waals surface area contributed by atoms with Crippen LogP contribution in [0.15, 0.2) is 59.1 Å².